The van der Waals surface area contributed by atoms with Crippen LogP contribution in [0.2, 0.25) is 0 Å². The van der Waals surface area contributed by atoms with Crippen LogP contribution in [0.15, 0.2) is 30.3 Å². The molecule has 0 spiro atoms. The number of likely N-dealkylation sites (tertiary alicyclic amines) is 1. The molecule has 3 aliphatic rings. The van der Waals surface area contributed by atoms with Crippen molar-refractivity contribution in [1.29, 1.82) is 0 Å². The molecule has 1 aromatic carbocycles. The van der Waals surface area contributed by atoms with Crippen molar-refractivity contribution < 1.29 is 19.4 Å². The normalized spacial score (nSPS) is 24.1. The maximum Gasteiger partial charge on any atom is 0.410 e. The second-order valence-corrected chi connectivity index (χ2v) is 9.89. The van der Waals surface area contributed by atoms with Crippen LogP contribution < -0.4 is 5.32 Å². The van der Waals surface area contributed by atoms with Crippen molar-refractivity contribution in [2.45, 2.75) is 96.2 Å². The lowest BCUT2D eigenvalue weighted by molar-refractivity contribution is -0.142. The highest BCUT2D eigenvalue weighted by molar-refractivity contribution is 5.74. The summed E-state index contributed by atoms with van der Waals surface area (Å²) >= 11 is 0. The average Bonchev–Trinajstić information content (AvgIpc) is 3.30. The van der Waals surface area contributed by atoms with Gasteiger partial charge in [-0.25, -0.2) is 4.79 Å². The van der Waals surface area contributed by atoms with Gasteiger partial charge in [0.2, 0.25) is 0 Å². The molecule has 1 saturated heterocycles. The summed E-state index contributed by atoms with van der Waals surface area (Å²) in [6.45, 7) is 2.85. The molecule has 1 aromatic rings. The number of hydrogen-bond donors (Lipinski definition) is 2. The van der Waals surface area contributed by atoms with Crippen LogP contribution in [0.5, 0.6) is 0 Å². The molecule has 2 saturated carbocycles. The molecule has 33 heavy (non-hydrogen) atoms. The largest absolute Gasteiger partial charge is 0.481 e. The highest BCUT2D eigenvalue weighted by Gasteiger charge is 2.39. The number of benzene rings is 1. The molecule has 2 aliphatic carbocycles. The molecule has 184 valence electrons. The first-order valence-electron chi connectivity index (χ1n) is 13.0. The molecule has 1 unspecified atom stereocenters. The number of aliphatic carboxylic acids is 1. The van der Waals surface area contributed by atoms with Gasteiger partial charge >= 0.3 is 12.1 Å². The van der Waals surface area contributed by atoms with Gasteiger partial charge in [0.25, 0.3) is 0 Å². The van der Waals surface area contributed by atoms with E-state index >= 15 is 0 Å². The molecule has 0 aromatic heterocycles. The number of rotatable bonds is 6. The monoisotopic (exact) mass is 458 g/mol. The second-order valence-electron chi connectivity index (χ2n) is 9.89. The number of nitrogens with one attached hydrogen (secondary N) is 1. The van der Waals surface area contributed by atoms with E-state index in [1.807, 2.05) is 37.3 Å². The first kappa shape index (κ1) is 25.5. The predicted molar refractivity (Wildman–Crippen MR) is 130 cm³/mol. The quantitative estimate of drug-likeness (QED) is 0.579. The number of carbonyl (C=O) groups is 2. The van der Waals surface area contributed by atoms with Gasteiger partial charge in [-0.05, 0) is 37.2 Å². The van der Waals surface area contributed by atoms with E-state index in [4.69, 9.17) is 9.84 Å². The smallest absolute Gasteiger partial charge is 0.410 e. The average molecular weight is 459 g/mol. The molecule has 2 atom stereocenters. The lowest BCUT2D eigenvalue weighted by Crippen LogP contribution is -2.40. The van der Waals surface area contributed by atoms with E-state index in [0.717, 1.165) is 24.1 Å². The minimum atomic E-state index is -0.838. The Labute approximate surface area is 199 Å². The van der Waals surface area contributed by atoms with Crippen molar-refractivity contribution in [3.63, 3.8) is 0 Å². The number of hydrogen-bond acceptors (Lipinski definition) is 4. The Morgan fingerprint density at radius 3 is 2.00 bits per heavy atom. The van der Waals surface area contributed by atoms with Crippen molar-refractivity contribution >= 4 is 12.1 Å². The summed E-state index contributed by atoms with van der Waals surface area (Å²) < 4.78 is 5.23. The van der Waals surface area contributed by atoms with Gasteiger partial charge in [0.15, 0.2) is 0 Å². The van der Waals surface area contributed by atoms with E-state index in [1.54, 1.807) is 0 Å². The molecule has 1 aliphatic heterocycles. The van der Waals surface area contributed by atoms with Gasteiger partial charge in [-0.2, -0.15) is 0 Å². The van der Waals surface area contributed by atoms with Crippen LogP contribution in [-0.4, -0.2) is 47.2 Å². The van der Waals surface area contributed by atoms with Crippen LogP contribution in [0.4, 0.5) is 4.79 Å². The number of carboxylic acid groups (broad SMARTS) is 1. The van der Waals surface area contributed by atoms with Gasteiger partial charge < -0.3 is 20.1 Å². The Bertz CT molecular complexity index is 698. The van der Waals surface area contributed by atoms with Crippen LogP contribution in [-0.2, 0) is 16.1 Å². The van der Waals surface area contributed by atoms with Crippen molar-refractivity contribution in [3.8, 4) is 0 Å². The molecule has 0 bridgehead atoms. The van der Waals surface area contributed by atoms with E-state index in [9.17, 15) is 9.59 Å². The zero-order valence-corrected chi connectivity index (χ0v) is 20.2. The first-order chi connectivity index (χ1) is 16.1. The maximum atomic E-state index is 12.0. The summed E-state index contributed by atoms with van der Waals surface area (Å²) in [6, 6.07) is 11.2. The molecule has 4 rings (SSSR count). The second kappa shape index (κ2) is 13.6. The minimum Gasteiger partial charge on any atom is -0.481 e. The molecule has 2 N–H and O–H groups in total. The highest BCUT2D eigenvalue weighted by Crippen LogP contribution is 2.27. The van der Waals surface area contributed by atoms with Gasteiger partial charge in [-0.1, -0.05) is 82.2 Å². The molecule has 3 fully saturated rings. The summed E-state index contributed by atoms with van der Waals surface area (Å²) in [4.78, 5) is 24.6. The van der Waals surface area contributed by atoms with Crippen molar-refractivity contribution in [2.75, 3.05) is 13.1 Å². The van der Waals surface area contributed by atoms with Crippen LogP contribution in [0, 0.1) is 11.8 Å². The number of carboxylic acids is 1. The molecule has 1 amide bonds. The fraction of sp³-hybridized carbons (Fsp3) is 0.704. The molecule has 6 nitrogen and oxygen atoms in total. The maximum absolute atomic E-state index is 12.0. The zero-order valence-electron chi connectivity index (χ0n) is 20.2. The van der Waals surface area contributed by atoms with Gasteiger partial charge in [0.05, 0.1) is 5.92 Å². The Hall–Kier alpha value is -2.08. The van der Waals surface area contributed by atoms with Crippen LogP contribution in [0.1, 0.15) is 83.1 Å². The topological polar surface area (TPSA) is 78.9 Å². The third-order valence-electron chi connectivity index (χ3n) is 7.43. The van der Waals surface area contributed by atoms with Crippen molar-refractivity contribution in [2.24, 2.45) is 11.8 Å². The van der Waals surface area contributed by atoms with E-state index in [-0.39, 0.29) is 19.1 Å². The Morgan fingerprint density at radius 1 is 0.939 bits per heavy atom. The predicted octanol–water partition coefficient (Wildman–Crippen LogP) is 5.61. The number of nitrogens with zero attached hydrogens (tertiary/aromatic N) is 1. The van der Waals surface area contributed by atoms with E-state index in [1.165, 1.54) is 69.1 Å². The lowest BCUT2D eigenvalue weighted by atomic mass is 9.91. The third-order valence-corrected chi connectivity index (χ3v) is 7.43. The summed E-state index contributed by atoms with van der Waals surface area (Å²) in [6.07, 6.45) is 14.9. The van der Waals surface area contributed by atoms with Gasteiger partial charge in [-0.15, -0.1) is 0 Å². The first-order valence-corrected chi connectivity index (χ1v) is 13.0. The van der Waals surface area contributed by atoms with Gasteiger partial charge in [-0.3, -0.25) is 4.79 Å². The molecule has 0 radical (unpaired) electrons. The minimum absolute atomic E-state index is 0.0109. The van der Waals surface area contributed by atoms with Gasteiger partial charge in [0, 0.05) is 25.2 Å². The summed E-state index contributed by atoms with van der Waals surface area (Å²) in [5.74, 6) is -1.31. The number of carbonyl (C=O) groups excluding carboxylic acids is 1. The number of amides is 1. The Kier molecular flexibility index (Phi) is 10.5. The molecule has 6 heteroatoms. The standard InChI is InChI=1S/C15H19NO4.C12H23N/c1-2-12-8-16(9-13(12)14(17)18)15(19)20-10-11-6-4-3-5-7-11;1-3-7-11(8-4-1)13-12-9-5-2-6-10-12/h3-7,12-13H,2,8-10H2,1H3,(H,17,18);11-13H,1-10H2/t12-,13?;/m1./s1. The lowest BCUT2D eigenvalue weighted by Gasteiger charge is -2.30. The third kappa shape index (κ3) is 8.33. The SMILES string of the molecule is C1CCC(NC2CCCCC2)CC1.CC[C@@H]1CN(C(=O)OCc2ccccc2)CC1C(=O)O. The van der Waals surface area contributed by atoms with Crippen LogP contribution in [0.25, 0.3) is 0 Å². The van der Waals surface area contributed by atoms with E-state index in [2.05, 4.69) is 5.32 Å². The molecule has 1 heterocycles. The Morgan fingerprint density at radius 2 is 1.52 bits per heavy atom. The zero-order chi connectivity index (χ0) is 23.5. The molecular formula is C27H42N2O4. The van der Waals surface area contributed by atoms with Crippen LogP contribution >= 0.6 is 0 Å². The van der Waals surface area contributed by atoms with E-state index in [0.29, 0.717) is 6.54 Å². The van der Waals surface area contributed by atoms with E-state index < -0.39 is 18.0 Å². The summed E-state index contributed by atoms with van der Waals surface area (Å²) in [5.41, 5.74) is 0.918. The number of ether oxygens (including phenoxy) is 1. The fourth-order valence-electron chi connectivity index (χ4n) is 5.40. The summed E-state index contributed by atoms with van der Waals surface area (Å²) in [5, 5.41) is 13.0. The Balaban J connectivity index is 0.000000203. The van der Waals surface area contributed by atoms with Crippen molar-refractivity contribution in [1.82, 2.24) is 10.2 Å². The molecular weight excluding hydrogens is 416 g/mol. The van der Waals surface area contributed by atoms with Gasteiger partial charge in [0.1, 0.15) is 6.61 Å². The van der Waals surface area contributed by atoms with Crippen molar-refractivity contribution in [3.05, 3.63) is 35.9 Å². The highest BCUT2D eigenvalue weighted by atomic mass is 16.6. The fourth-order valence-corrected chi connectivity index (χ4v) is 5.40. The summed E-state index contributed by atoms with van der Waals surface area (Å²) in [7, 11) is 0. The van der Waals surface area contributed by atoms with Crippen LogP contribution in [0.3, 0.4) is 0 Å².